The highest BCUT2D eigenvalue weighted by Gasteiger charge is 2.23. The molecule has 7 nitrogen and oxygen atoms in total. The van der Waals surface area contributed by atoms with Crippen LogP contribution in [0.3, 0.4) is 0 Å². The van der Waals surface area contributed by atoms with Gasteiger partial charge in [-0.25, -0.2) is 8.42 Å². The number of fused-ring (bicyclic) bond motifs is 1. The molecule has 1 aromatic carbocycles. The van der Waals surface area contributed by atoms with Gasteiger partial charge in [0, 0.05) is 24.6 Å². The zero-order valence-corrected chi connectivity index (χ0v) is 16.7. The van der Waals surface area contributed by atoms with E-state index in [-0.39, 0.29) is 35.4 Å². The summed E-state index contributed by atoms with van der Waals surface area (Å²) in [6.07, 6.45) is 1.36. The first-order valence-corrected chi connectivity index (χ1v) is 10.1. The first-order chi connectivity index (χ1) is 11.8. The lowest BCUT2D eigenvalue weighted by molar-refractivity contribution is -0.121. The number of nitrogens with two attached hydrogens (primary N) is 1. The molecule has 26 heavy (non-hydrogen) atoms. The van der Waals surface area contributed by atoms with Crippen molar-refractivity contribution >= 4 is 28.2 Å². The van der Waals surface area contributed by atoms with Crippen molar-refractivity contribution < 1.29 is 22.7 Å². The minimum Gasteiger partial charge on any atom is -0.486 e. The molecule has 0 spiro atoms. The van der Waals surface area contributed by atoms with Crippen molar-refractivity contribution in [2.24, 2.45) is 5.73 Å². The summed E-state index contributed by atoms with van der Waals surface area (Å²) in [7, 11) is -3.58. The van der Waals surface area contributed by atoms with E-state index in [4.69, 9.17) is 15.2 Å². The van der Waals surface area contributed by atoms with E-state index in [1.165, 1.54) is 12.1 Å². The van der Waals surface area contributed by atoms with Gasteiger partial charge in [0.2, 0.25) is 5.91 Å². The van der Waals surface area contributed by atoms with Gasteiger partial charge in [0.1, 0.15) is 13.2 Å². The van der Waals surface area contributed by atoms with E-state index in [1.807, 2.05) is 13.8 Å². The van der Waals surface area contributed by atoms with Crippen LogP contribution >= 0.6 is 12.4 Å². The first kappa shape index (κ1) is 22.5. The largest absolute Gasteiger partial charge is 0.486 e. The predicted molar refractivity (Wildman–Crippen MR) is 102 cm³/mol. The maximum atomic E-state index is 12.4. The van der Waals surface area contributed by atoms with Crippen LogP contribution in [0.5, 0.6) is 11.5 Å². The molecular weight excluding hydrogens is 380 g/mol. The fourth-order valence-electron chi connectivity index (χ4n) is 2.43. The maximum absolute atomic E-state index is 12.4. The second kappa shape index (κ2) is 9.43. The molecular formula is C17H27ClN2O5S. The zero-order valence-electron chi connectivity index (χ0n) is 15.1. The summed E-state index contributed by atoms with van der Waals surface area (Å²) in [5.41, 5.74) is 5.67. The number of hydrogen-bond donors (Lipinski definition) is 2. The van der Waals surface area contributed by atoms with Crippen molar-refractivity contribution in [1.82, 2.24) is 5.32 Å². The summed E-state index contributed by atoms with van der Waals surface area (Å²) in [5, 5.41) is 2.73. The summed E-state index contributed by atoms with van der Waals surface area (Å²) >= 11 is 0. The fourth-order valence-corrected chi connectivity index (χ4v) is 3.68. The Kier molecular flexibility index (Phi) is 8.17. The van der Waals surface area contributed by atoms with Crippen LogP contribution < -0.4 is 20.5 Å². The minimum absolute atomic E-state index is 0. The average molecular weight is 407 g/mol. The highest BCUT2D eigenvalue weighted by atomic mass is 35.5. The molecule has 1 amide bonds. The third-order valence-electron chi connectivity index (χ3n) is 4.52. The van der Waals surface area contributed by atoms with Crippen molar-refractivity contribution in [1.29, 1.82) is 0 Å². The van der Waals surface area contributed by atoms with E-state index >= 15 is 0 Å². The Labute approximate surface area is 160 Å². The molecule has 1 aromatic rings. The molecule has 0 radical (unpaired) electrons. The van der Waals surface area contributed by atoms with Crippen LogP contribution in [0.15, 0.2) is 23.1 Å². The van der Waals surface area contributed by atoms with Crippen LogP contribution in [0.25, 0.3) is 0 Å². The molecule has 0 bridgehead atoms. The molecule has 9 heteroatoms. The Hall–Kier alpha value is -1.51. The van der Waals surface area contributed by atoms with Gasteiger partial charge in [-0.1, -0.05) is 13.8 Å². The van der Waals surface area contributed by atoms with Crippen LogP contribution in [-0.4, -0.2) is 45.4 Å². The minimum atomic E-state index is -3.58. The molecule has 0 unspecified atom stereocenters. The Morgan fingerprint density at radius 1 is 1.19 bits per heavy atom. The second-order valence-electron chi connectivity index (χ2n) is 6.22. The van der Waals surface area contributed by atoms with Crippen molar-refractivity contribution in [2.75, 3.05) is 25.5 Å². The molecule has 0 aliphatic carbocycles. The molecule has 0 fully saturated rings. The van der Waals surface area contributed by atoms with Crippen molar-refractivity contribution in [3.63, 3.8) is 0 Å². The van der Waals surface area contributed by atoms with Crippen LogP contribution in [0, 0.1) is 0 Å². The third-order valence-corrected chi connectivity index (χ3v) is 6.23. The standard InChI is InChI=1S/C17H26N2O5S.ClH/c1-3-17(18,4-2)12-19-16(20)7-10-25(21,22)13-5-6-14-15(11-13)24-9-8-23-14;/h5-6,11H,3-4,7-10,12,18H2,1-2H3,(H,19,20);1H. The summed E-state index contributed by atoms with van der Waals surface area (Å²) in [4.78, 5) is 12.1. The number of benzene rings is 1. The van der Waals surface area contributed by atoms with Gasteiger partial charge in [0.15, 0.2) is 21.3 Å². The van der Waals surface area contributed by atoms with Gasteiger partial charge in [-0.2, -0.15) is 0 Å². The van der Waals surface area contributed by atoms with E-state index in [9.17, 15) is 13.2 Å². The monoisotopic (exact) mass is 406 g/mol. The Morgan fingerprint density at radius 2 is 1.81 bits per heavy atom. The van der Waals surface area contributed by atoms with E-state index in [0.717, 1.165) is 12.8 Å². The van der Waals surface area contributed by atoms with Gasteiger partial charge in [0.05, 0.1) is 10.6 Å². The number of carbonyl (C=O) groups is 1. The Balaban J connectivity index is 0.00000338. The SMILES string of the molecule is CCC(N)(CC)CNC(=O)CCS(=O)(=O)c1ccc2c(c1)OCCO2.Cl. The molecule has 2 rings (SSSR count). The smallest absolute Gasteiger partial charge is 0.221 e. The van der Waals surface area contributed by atoms with Crippen molar-refractivity contribution in [3.05, 3.63) is 18.2 Å². The molecule has 0 saturated heterocycles. The number of carbonyl (C=O) groups excluding carboxylic acids is 1. The number of nitrogens with one attached hydrogen (secondary N) is 1. The van der Waals surface area contributed by atoms with Crippen LogP contribution in [-0.2, 0) is 14.6 Å². The third kappa shape index (κ3) is 5.75. The van der Waals surface area contributed by atoms with Gasteiger partial charge < -0.3 is 20.5 Å². The number of amides is 1. The molecule has 0 atom stereocenters. The fraction of sp³-hybridized carbons (Fsp3) is 0.588. The number of hydrogen-bond acceptors (Lipinski definition) is 6. The van der Waals surface area contributed by atoms with Gasteiger partial charge in [0.25, 0.3) is 0 Å². The summed E-state index contributed by atoms with van der Waals surface area (Å²) in [6.45, 7) is 5.08. The quantitative estimate of drug-likeness (QED) is 0.680. The van der Waals surface area contributed by atoms with E-state index < -0.39 is 15.4 Å². The van der Waals surface area contributed by atoms with E-state index in [2.05, 4.69) is 5.32 Å². The zero-order chi connectivity index (χ0) is 18.5. The molecule has 0 saturated carbocycles. The molecule has 0 aromatic heterocycles. The number of rotatable bonds is 8. The lowest BCUT2D eigenvalue weighted by Crippen LogP contribution is -2.49. The molecule has 1 heterocycles. The highest BCUT2D eigenvalue weighted by Crippen LogP contribution is 2.32. The predicted octanol–water partition coefficient (Wildman–Crippen LogP) is 1.68. The summed E-state index contributed by atoms with van der Waals surface area (Å²) < 4.78 is 35.7. The van der Waals surface area contributed by atoms with Crippen LogP contribution in [0.1, 0.15) is 33.1 Å². The van der Waals surface area contributed by atoms with Crippen LogP contribution in [0.2, 0.25) is 0 Å². The Morgan fingerprint density at radius 3 is 2.42 bits per heavy atom. The Bertz CT molecular complexity index is 720. The molecule has 148 valence electrons. The molecule has 1 aliphatic heterocycles. The van der Waals surface area contributed by atoms with E-state index in [1.54, 1.807) is 6.07 Å². The normalized spacial score (nSPS) is 13.7. The maximum Gasteiger partial charge on any atom is 0.221 e. The van der Waals surface area contributed by atoms with Gasteiger partial charge >= 0.3 is 0 Å². The second-order valence-corrected chi connectivity index (χ2v) is 8.33. The van der Waals surface area contributed by atoms with Gasteiger partial charge in [-0.3, -0.25) is 4.79 Å². The lowest BCUT2D eigenvalue weighted by Gasteiger charge is -2.26. The van der Waals surface area contributed by atoms with Gasteiger partial charge in [-0.15, -0.1) is 12.4 Å². The van der Waals surface area contributed by atoms with Crippen LogP contribution in [0.4, 0.5) is 0 Å². The van der Waals surface area contributed by atoms with Crippen molar-refractivity contribution in [3.8, 4) is 11.5 Å². The van der Waals surface area contributed by atoms with Gasteiger partial charge in [-0.05, 0) is 25.0 Å². The highest BCUT2D eigenvalue weighted by molar-refractivity contribution is 7.91. The molecule has 3 N–H and O–H groups in total. The van der Waals surface area contributed by atoms with E-state index in [0.29, 0.717) is 31.3 Å². The molecule has 1 aliphatic rings. The lowest BCUT2D eigenvalue weighted by atomic mass is 9.94. The summed E-state index contributed by atoms with van der Waals surface area (Å²) in [5.74, 6) is 0.351. The number of halogens is 1. The first-order valence-electron chi connectivity index (χ1n) is 8.47. The number of sulfone groups is 1. The average Bonchev–Trinajstić information content (AvgIpc) is 2.64. The summed E-state index contributed by atoms with van der Waals surface area (Å²) in [6, 6.07) is 4.49. The van der Waals surface area contributed by atoms with Crippen molar-refractivity contribution in [2.45, 2.75) is 43.5 Å². The topological polar surface area (TPSA) is 108 Å². The number of ether oxygens (including phenoxy) is 2.